The van der Waals surface area contributed by atoms with Gasteiger partial charge in [0.05, 0.1) is 5.69 Å². The van der Waals surface area contributed by atoms with E-state index in [0.29, 0.717) is 23.0 Å². The summed E-state index contributed by atoms with van der Waals surface area (Å²) in [5, 5.41) is 0.638. The maximum Gasteiger partial charge on any atom is 0.249 e. The Hall–Kier alpha value is -3.57. The lowest BCUT2D eigenvalue weighted by Crippen LogP contribution is -2.14. The zero-order valence-corrected chi connectivity index (χ0v) is 17.1. The second-order valence-electron chi connectivity index (χ2n) is 6.88. The van der Waals surface area contributed by atoms with Crippen LogP contribution < -0.4 is 10.5 Å². The standard InChI is InChI=1S/C24H20ClN3O2/c1-16(17-5-9-19(25)10-6-17)23(24(26)29)18-7-11-21(12-8-18)30-15-20-14-28-13-3-2-4-22(28)27-20/h2-14H,15H2,1H3,(H2,26,29). The largest absolute Gasteiger partial charge is 0.487 e. The zero-order chi connectivity index (χ0) is 21.1. The van der Waals surface area contributed by atoms with Gasteiger partial charge in [0.15, 0.2) is 0 Å². The number of pyridine rings is 1. The van der Waals surface area contributed by atoms with Gasteiger partial charge in [-0.15, -0.1) is 0 Å². The second-order valence-corrected chi connectivity index (χ2v) is 7.32. The van der Waals surface area contributed by atoms with Crippen molar-refractivity contribution in [2.45, 2.75) is 13.5 Å². The lowest BCUT2D eigenvalue weighted by atomic mass is 9.95. The van der Waals surface area contributed by atoms with Gasteiger partial charge in [-0.05, 0) is 60.0 Å². The molecule has 0 aliphatic carbocycles. The third kappa shape index (κ3) is 4.21. The number of nitrogens with two attached hydrogens (primary N) is 1. The maximum absolute atomic E-state index is 12.2. The first-order valence-corrected chi connectivity index (χ1v) is 9.81. The van der Waals surface area contributed by atoms with Crippen LogP contribution in [0.2, 0.25) is 5.02 Å². The Morgan fingerprint density at radius 3 is 2.40 bits per heavy atom. The number of benzene rings is 2. The summed E-state index contributed by atoms with van der Waals surface area (Å²) in [6.07, 6.45) is 3.88. The molecule has 1 amide bonds. The van der Waals surface area contributed by atoms with Crippen LogP contribution in [0.1, 0.15) is 23.7 Å². The molecule has 30 heavy (non-hydrogen) atoms. The predicted molar refractivity (Wildman–Crippen MR) is 119 cm³/mol. The quantitative estimate of drug-likeness (QED) is 0.355. The molecule has 0 bridgehead atoms. The van der Waals surface area contributed by atoms with Crippen molar-refractivity contribution >= 4 is 34.3 Å². The van der Waals surface area contributed by atoms with E-state index in [-0.39, 0.29) is 0 Å². The number of halogens is 1. The van der Waals surface area contributed by atoms with Crippen molar-refractivity contribution in [1.29, 1.82) is 0 Å². The fraction of sp³-hybridized carbons (Fsp3) is 0.0833. The minimum Gasteiger partial charge on any atom is -0.487 e. The Morgan fingerprint density at radius 1 is 1.03 bits per heavy atom. The van der Waals surface area contributed by atoms with Gasteiger partial charge in [0.25, 0.3) is 0 Å². The summed E-state index contributed by atoms with van der Waals surface area (Å²) < 4.78 is 7.80. The van der Waals surface area contributed by atoms with Gasteiger partial charge in [0, 0.05) is 23.0 Å². The monoisotopic (exact) mass is 417 g/mol. The summed E-state index contributed by atoms with van der Waals surface area (Å²) in [6, 6.07) is 20.5. The number of primary amides is 1. The summed E-state index contributed by atoms with van der Waals surface area (Å²) in [4.78, 5) is 16.7. The summed E-state index contributed by atoms with van der Waals surface area (Å²) in [6.45, 7) is 2.22. The Bertz CT molecular complexity index is 1190. The first-order chi connectivity index (χ1) is 14.5. The second kappa shape index (κ2) is 8.43. The normalized spacial score (nSPS) is 11.9. The van der Waals surface area contributed by atoms with E-state index in [4.69, 9.17) is 22.1 Å². The Kier molecular flexibility index (Phi) is 5.55. The molecule has 0 spiro atoms. The first-order valence-electron chi connectivity index (χ1n) is 9.44. The van der Waals surface area contributed by atoms with Crippen LogP contribution >= 0.6 is 11.6 Å². The number of rotatable bonds is 6. The Morgan fingerprint density at radius 2 is 1.73 bits per heavy atom. The molecule has 0 atom stereocenters. The summed E-state index contributed by atoms with van der Waals surface area (Å²) in [5.74, 6) is 0.199. The van der Waals surface area contributed by atoms with Crippen molar-refractivity contribution in [2.24, 2.45) is 5.73 Å². The van der Waals surface area contributed by atoms with E-state index in [1.165, 1.54) is 0 Å². The van der Waals surface area contributed by atoms with E-state index in [1.54, 1.807) is 12.1 Å². The van der Waals surface area contributed by atoms with E-state index in [9.17, 15) is 4.79 Å². The molecule has 0 fully saturated rings. The number of hydrogen-bond donors (Lipinski definition) is 1. The van der Waals surface area contributed by atoms with Gasteiger partial charge >= 0.3 is 0 Å². The number of carbonyl (C=O) groups excluding carboxylic acids is 1. The zero-order valence-electron chi connectivity index (χ0n) is 16.4. The number of fused-ring (bicyclic) bond motifs is 1. The number of nitrogens with zero attached hydrogens (tertiary/aromatic N) is 2. The molecular weight excluding hydrogens is 398 g/mol. The van der Waals surface area contributed by atoms with Crippen LogP contribution in [0, 0.1) is 0 Å². The molecule has 4 aromatic rings. The van der Waals surface area contributed by atoms with Gasteiger partial charge in [0.1, 0.15) is 18.0 Å². The third-order valence-electron chi connectivity index (χ3n) is 4.84. The topological polar surface area (TPSA) is 69.6 Å². The summed E-state index contributed by atoms with van der Waals surface area (Å²) in [5.41, 5.74) is 10.3. The van der Waals surface area contributed by atoms with Gasteiger partial charge in [-0.1, -0.05) is 41.9 Å². The van der Waals surface area contributed by atoms with Gasteiger partial charge < -0.3 is 14.9 Å². The highest BCUT2D eigenvalue weighted by molar-refractivity contribution is 6.30. The molecule has 2 aromatic carbocycles. The number of allylic oxidation sites excluding steroid dienone is 1. The lowest BCUT2D eigenvalue weighted by molar-refractivity contribution is -0.112. The van der Waals surface area contributed by atoms with E-state index >= 15 is 0 Å². The minimum absolute atomic E-state index is 0.351. The van der Waals surface area contributed by atoms with Gasteiger partial charge in [-0.3, -0.25) is 4.79 Å². The molecule has 150 valence electrons. The molecule has 0 unspecified atom stereocenters. The van der Waals surface area contributed by atoms with Crippen molar-refractivity contribution in [1.82, 2.24) is 9.38 Å². The van der Waals surface area contributed by atoms with E-state index in [0.717, 1.165) is 28.0 Å². The van der Waals surface area contributed by atoms with Crippen molar-refractivity contribution in [2.75, 3.05) is 0 Å². The third-order valence-corrected chi connectivity index (χ3v) is 5.09. The van der Waals surface area contributed by atoms with Crippen LogP contribution in [-0.2, 0) is 11.4 Å². The highest BCUT2D eigenvalue weighted by Gasteiger charge is 2.14. The molecule has 0 saturated heterocycles. The van der Waals surface area contributed by atoms with Gasteiger partial charge in [-0.2, -0.15) is 0 Å². The molecule has 0 saturated carbocycles. The number of aromatic nitrogens is 2. The number of amides is 1. The average Bonchev–Trinajstić information content (AvgIpc) is 3.16. The Balaban J connectivity index is 1.54. The van der Waals surface area contributed by atoms with Crippen LogP contribution in [0.5, 0.6) is 5.75 Å². The number of ether oxygens (including phenoxy) is 1. The number of carbonyl (C=O) groups is 1. The van der Waals surface area contributed by atoms with E-state index < -0.39 is 5.91 Å². The van der Waals surface area contributed by atoms with E-state index in [1.807, 2.05) is 78.3 Å². The number of hydrogen-bond acceptors (Lipinski definition) is 3. The van der Waals surface area contributed by atoms with Crippen LogP contribution in [0.4, 0.5) is 0 Å². The van der Waals surface area contributed by atoms with Crippen molar-refractivity contribution in [3.8, 4) is 5.75 Å². The number of imidazole rings is 1. The first kappa shape index (κ1) is 19.7. The smallest absolute Gasteiger partial charge is 0.249 e. The van der Waals surface area contributed by atoms with Crippen LogP contribution in [0.25, 0.3) is 16.8 Å². The molecule has 2 aromatic heterocycles. The summed E-state index contributed by atoms with van der Waals surface area (Å²) in [7, 11) is 0. The molecule has 0 aliphatic rings. The molecule has 2 N–H and O–H groups in total. The lowest BCUT2D eigenvalue weighted by Gasteiger charge is -2.11. The molecule has 2 heterocycles. The fourth-order valence-electron chi connectivity index (χ4n) is 3.32. The van der Waals surface area contributed by atoms with Crippen molar-refractivity contribution < 1.29 is 9.53 Å². The average molecular weight is 418 g/mol. The fourth-order valence-corrected chi connectivity index (χ4v) is 3.45. The molecule has 4 rings (SSSR count). The van der Waals surface area contributed by atoms with Crippen LogP contribution in [0.15, 0.2) is 79.1 Å². The van der Waals surface area contributed by atoms with Crippen molar-refractivity contribution in [3.63, 3.8) is 0 Å². The molecular formula is C24H20ClN3O2. The maximum atomic E-state index is 12.2. The molecule has 0 radical (unpaired) electrons. The Labute approximate surface area is 179 Å². The van der Waals surface area contributed by atoms with Gasteiger partial charge in [-0.25, -0.2) is 4.98 Å². The van der Waals surface area contributed by atoms with Crippen LogP contribution in [0.3, 0.4) is 0 Å². The summed E-state index contributed by atoms with van der Waals surface area (Å²) >= 11 is 5.96. The minimum atomic E-state index is -0.485. The van der Waals surface area contributed by atoms with Crippen molar-refractivity contribution in [3.05, 3.63) is 101 Å². The molecule has 0 aliphatic heterocycles. The predicted octanol–water partition coefficient (Wildman–Crippen LogP) is 4.98. The van der Waals surface area contributed by atoms with Gasteiger partial charge in [0.2, 0.25) is 5.91 Å². The molecule has 6 heteroatoms. The highest BCUT2D eigenvalue weighted by Crippen LogP contribution is 2.28. The van der Waals surface area contributed by atoms with E-state index in [2.05, 4.69) is 4.98 Å². The SMILES string of the molecule is CC(=C(C(N)=O)c1ccc(OCc2cn3ccccc3n2)cc1)c1ccc(Cl)cc1. The van der Waals surface area contributed by atoms with Crippen LogP contribution in [-0.4, -0.2) is 15.3 Å². The highest BCUT2D eigenvalue weighted by atomic mass is 35.5. The molecule has 5 nitrogen and oxygen atoms in total.